The third-order valence-corrected chi connectivity index (χ3v) is 1.73. The van der Waals surface area contributed by atoms with Crippen molar-refractivity contribution in [2.75, 3.05) is 0 Å². The number of hydrogen-bond donors (Lipinski definition) is 0. The van der Waals surface area contributed by atoms with E-state index < -0.39 is 6.43 Å². The highest BCUT2D eigenvalue weighted by atomic mass is 35.5. The van der Waals surface area contributed by atoms with Crippen LogP contribution < -0.4 is 0 Å². The van der Waals surface area contributed by atoms with Crippen LogP contribution in [0.15, 0.2) is 18.2 Å². The van der Waals surface area contributed by atoms with Crippen molar-refractivity contribution in [1.82, 2.24) is 0 Å². The Morgan fingerprint density at radius 2 is 2.00 bits per heavy atom. The molecule has 0 aromatic heterocycles. The van der Waals surface area contributed by atoms with Crippen molar-refractivity contribution in [2.45, 2.75) is 13.3 Å². The molecule has 0 saturated heterocycles. The van der Waals surface area contributed by atoms with Gasteiger partial charge in [-0.3, -0.25) is 0 Å². The fraction of sp³-hybridized carbons (Fsp3) is 0.250. The average Bonchev–Trinajstić information content (AvgIpc) is 1.94. The Hall–Kier alpha value is -0.630. The molecule has 60 valence electrons. The van der Waals surface area contributed by atoms with E-state index in [0.29, 0.717) is 0 Å². The summed E-state index contributed by atoms with van der Waals surface area (Å²) < 4.78 is 24.2. The quantitative estimate of drug-likeness (QED) is 0.614. The third kappa shape index (κ3) is 1.90. The molecule has 0 unspecified atom stereocenters. The Bertz CT molecular complexity index is 258. The summed E-state index contributed by atoms with van der Waals surface area (Å²) in [5.41, 5.74) is 0.705. The topological polar surface area (TPSA) is 0 Å². The zero-order valence-electron chi connectivity index (χ0n) is 5.94. The van der Waals surface area contributed by atoms with Gasteiger partial charge in [0.25, 0.3) is 6.43 Å². The van der Waals surface area contributed by atoms with Gasteiger partial charge in [-0.25, -0.2) is 8.78 Å². The molecule has 0 fully saturated rings. The largest absolute Gasteiger partial charge is 0.265 e. The van der Waals surface area contributed by atoms with Crippen molar-refractivity contribution < 1.29 is 8.78 Å². The average molecular weight is 177 g/mol. The van der Waals surface area contributed by atoms with Crippen molar-refractivity contribution in [3.63, 3.8) is 0 Å². The minimum atomic E-state index is -2.48. The van der Waals surface area contributed by atoms with Gasteiger partial charge in [0.05, 0.1) is 0 Å². The van der Waals surface area contributed by atoms with Gasteiger partial charge < -0.3 is 0 Å². The van der Waals surface area contributed by atoms with Crippen molar-refractivity contribution in [2.24, 2.45) is 0 Å². The van der Waals surface area contributed by atoms with E-state index in [0.717, 1.165) is 5.56 Å². The molecule has 0 atom stereocenters. The van der Waals surface area contributed by atoms with Crippen LogP contribution in [0.1, 0.15) is 17.6 Å². The van der Waals surface area contributed by atoms with Crippen molar-refractivity contribution in [1.29, 1.82) is 0 Å². The molecular formula is C8H7ClF2. The second-order valence-corrected chi connectivity index (χ2v) is 2.73. The SMILES string of the molecule is Cc1ccc(Cl)c(C(F)F)c1. The maximum absolute atomic E-state index is 12.1. The number of rotatable bonds is 1. The summed E-state index contributed by atoms with van der Waals surface area (Å²) in [5.74, 6) is 0. The maximum Gasteiger partial charge on any atom is 0.265 e. The molecule has 3 heteroatoms. The maximum atomic E-state index is 12.1. The molecule has 0 aliphatic carbocycles. The van der Waals surface area contributed by atoms with E-state index in [1.54, 1.807) is 13.0 Å². The van der Waals surface area contributed by atoms with Gasteiger partial charge in [-0.2, -0.15) is 0 Å². The monoisotopic (exact) mass is 176 g/mol. The molecule has 11 heavy (non-hydrogen) atoms. The first kappa shape index (κ1) is 8.47. The van der Waals surface area contributed by atoms with Crippen LogP contribution in [-0.2, 0) is 0 Å². The fourth-order valence-electron chi connectivity index (χ4n) is 0.830. The summed E-state index contributed by atoms with van der Waals surface area (Å²) >= 11 is 5.51. The summed E-state index contributed by atoms with van der Waals surface area (Å²) in [7, 11) is 0. The second kappa shape index (κ2) is 3.18. The van der Waals surface area contributed by atoms with Crippen LogP contribution in [0.3, 0.4) is 0 Å². The predicted molar refractivity (Wildman–Crippen MR) is 41.1 cm³/mol. The van der Waals surface area contributed by atoms with Crippen molar-refractivity contribution >= 4 is 11.6 Å². The molecule has 0 nitrogen and oxygen atoms in total. The first-order valence-electron chi connectivity index (χ1n) is 3.15. The molecule has 0 aliphatic rings. The minimum absolute atomic E-state index is 0.0910. The van der Waals surface area contributed by atoms with Gasteiger partial charge in [-0.1, -0.05) is 23.2 Å². The van der Waals surface area contributed by atoms with E-state index in [9.17, 15) is 8.78 Å². The summed E-state index contributed by atoms with van der Waals surface area (Å²) in [6, 6.07) is 4.58. The first-order chi connectivity index (χ1) is 5.11. The molecule has 0 bridgehead atoms. The van der Waals surface area contributed by atoms with Crippen LogP contribution in [0.5, 0.6) is 0 Å². The summed E-state index contributed by atoms with van der Waals surface area (Å²) in [5, 5.41) is 0.130. The van der Waals surface area contributed by atoms with Crippen LogP contribution in [-0.4, -0.2) is 0 Å². The molecule has 1 aromatic carbocycles. The zero-order chi connectivity index (χ0) is 8.43. The molecular weight excluding hydrogens is 170 g/mol. The smallest absolute Gasteiger partial charge is 0.205 e. The van der Waals surface area contributed by atoms with Crippen LogP contribution in [0.4, 0.5) is 8.78 Å². The van der Waals surface area contributed by atoms with Crippen LogP contribution >= 0.6 is 11.6 Å². The normalized spacial score (nSPS) is 10.6. The Morgan fingerprint density at radius 1 is 1.36 bits per heavy atom. The highest BCUT2D eigenvalue weighted by molar-refractivity contribution is 6.31. The summed E-state index contributed by atoms with van der Waals surface area (Å²) in [4.78, 5) is 0. The summed E-state index contributed by atoms with van der Waals surface area (Å²) in [6.45, 7) is 1.75. The van der Waals surface area contributed by atoms with Crippen molar-refractivity contribution in [3.8, 4) is 0 Å². The molecule has 0 radical (unpaired) electrons. The van der Waals surface area contributed by atoms with E-state index in [-0.39, 0.29) is 10.6 Å². The molecule has 0 amide bonds. The lowest BCUT2D eigenvalue weighted by atomic mass is 10.1. The van der Waals surface area contributed by atoms with Gasteiger partial charge in [-0.05, 0) is 19.1 Å². The molecule has 0 spiro atoms. The minimum Gasteiger partial charge on any atom is -0.205 e. The van der Waals surface area contributed by atoms with Gasteiger partial charge in [0.1, 0.15) is 0 Å². The highest BCUT2D eigenvalue weighted by Crippen LogP contribution is 2.27. The summed E-state index contributed by atoms with van der Waals surface area (Å²) in [6.07, 6.45) is -2.48. The molecule has 0 heterocycles. The predicted octanol–water partition coefficient (Wildman–Crippen LogP) is 3.59. The fourth-order valence-corrected chi connectivity index (χ4v) is 1.03. The number of hydrogen-bond acceptors (Lipinski definition) is 0. The van der Waals surface area contributed by atoms with Crippen molar-refractivity contribution in [3.05, 3.63) is 34.3 Å². The second-order valence-electron chi connectivity index (χ2n) is 2.33. The number of alkyl halides is 2. The van der Waals surface area contributed by atoms with Gasteiger partial charge >= 0.3 is 0 Å². The van der Waals surface area contributed by atoms with Gasteiger partial charge in [0.15, 0.2) is 0 Å². The zero-order valence-corrected chi connectivity index (χ0v) is 6.70. The first-order valence-corrected chi connectivity index (χ1v) is 3.53. The number of aryl methyl sites for hydroxylation is 1. The molecule has 1 rings (SSSR count). The Morgan fingerprint density at radius 3 is 2.45 bits per heavy atom. The third-order valence-electron chi connectivity index (χ3n) is 1.39. The lowest BCUT2D eigenvalue weighted by Gasteiger charge is -2.02. The highest BCUT2D eigenvalue weighted by Gasteiger charge is 2.10. The molecule has 0 N–H and O–H groups in total. The van der Waals surface area contributed by atoms with Crippen LogP contribution in [0.2, 0.25) is 5.02 Å². The molecule has 1 aromatic rings. The van der Waals surface area contributed by atoms with Gasteiger partial charge in [0, 0.05) is 10.6 Å². The Labute approximate surface area is 68.8 Å². The molecule has 0 saturated carbocycles. The lowest BCUT2D eigenvalue weighted by Crippen LogP contribution is -1.86. The van der Waals surface area contributed by atoms with Gasteiger partial charge in [0.2, 0.25) is 0 Å². The van der Waals surface area contributed by atoms with Crippen LogP contribution in [0, 0.1) is 6.92 Å². The van der Waals surface area contributed by atoms with Crippen LogP contribution in [0.25, 0.3) is 0 Å². The van der Waals surface area contributed by atoms with E-state index in [1.165, 1.54) is 12.1 Å². The van der Waals surface area contributed by atoms with Gasteiger partial charge in [-0.15, -0.1) is 0 Å². The standard InChI is InChI=1S/C8H7ClF2/c1-5-2-3-7(9)6(4-5)8(10)11/h2-4,8H,1H3. The molecule has 0 aliphatic heterocycles. The lowest BCUT2D eigenvalue weighted by molar-refractivity contribution is 0.151. The Kier molecular flexibility index (Phi) is 2.45. The van der Waals surface area contributed by atoms with E-state index in [4.69, 9.17) is 11.6 Å². The van der Waals surface area contributed by atoms with E-state index >= 15 is 0 Å². The van der Waals surface area contributed by atoms with E-state index in [1.807, 2.05) is 0 Å². The van der Waals surface area contributed by atoms with E-state index in [2.05, 4.69) is 0 Å². The number of benzene rings is 1. The Balaban J connectivity index is 3.13. The number of halogens is 3.